The summed E-state index contributed by atoms with van der Waals surface area (Å²) in [7, 11) is 0. The van der Waals surface area contributed by atoms with E-state index in [4.69, 9.17) is 4.74 Å². The summed E-state index contributed by atoms with van der Waals surface area (Å²) in [6.07, 6.45) is 0.0458. The van der Waals surface area contributed by atoms with Crippen molar-refractivity contribution in [3.63, 3.8) is 0 Å². The van der Waals surface area contributed by atoms with Crippen molar-refractivity contribution in [3.8, 4) is 0 Å². The third-order valence-corrected chi connectivity index (χ3v) is 3.49. The molecule has 20 heavy (non-hydrogen) atoms. The lowest BCUT2D eigenvalue weighted by atomic mass is 10.1. The molecule has 3 rings (SSSR count). The van der Waals surface area contributed by atoms with Gasteiger partial charge in [0, 0.05) is 24.2 Å². The molecular formula is C15H19N3O2. The molecule has 3 N–H and O–H groups in total. The molecule has 2 heterocycles. The molecule has 0 aromatic heterocycles. The van der Waals surface area contributed by atoms with E-state index >= 15 is 0 Å². The molecule has 0 fully saturated rings. The van der Waals surface area contributed by atoms with Crippen molar-refractivity contribution in [2.24, 2.45) is 4.99 Å². The molecule has 2 aliphatic rings. The molecule has 5 heteroatoms. The van der Waals surface area contributed by atoms with Gasteiger partial charge in [0.2, 0.25) is 0 Å². The molecule has 0 spiro atoms. The van der Waals surface area contributed by atoms with E-state index in [0.29, 0.717) is 19.8 Å². The maximum absolute atomic E-state index is 10.00. The van der Waals surface area contributed by atoms with Crippen molar-refractivity contribution in [1.29, 1.82) is 0 Å². The van der Waals surface area contributed by atoms with Crippen molar-refractivity contribution >= 4 is 5.84 Å². The van der Waals surface area contributed by atoms with Gasteiger partial charge in [-0.3, -0.25) is 0 Å². The standard InChI is InChI=1S/C15H19N3O2/c19-15-12-10-20-7-6-13(12)17-14(18-15)9-16-8-11-4-2-1-3-5-11/h1-5,15-16,19H,6-10H2,(H,17,18). The molecule has 0 amide bonds. The molecule has 106 valence electrons. The highest BCUT2D eigenvalue weighted by molar-refractivity contribution is 5.87. The molecule has 0 bridgehead atoms. The topological polar surface area (TPSA) is 65.9 Å². The number of aliphatic hydroxyl groups excluding tert-OH is 1. The molecule has 2 aliphatic heterocycles. The second-order valence-electron chi connectivity index (χ2n) is 4.97. The highest BCUT2D eigenvalue weighted by Crippen LogP contribution is 2.20. The van der Waals surface area contributed by atoms with E-state index in [1.54, 1.807) is 0 Å². The number of ether oxygens (including phenoxy) is 1. The van der Waals surface area contributed by atoms with Crippen LogP contribution in [-0.4, -0.2) is 36.9 Å². The van der Waals surface area contributed by atoms with Gasteiger partial charge < -0.3 is 20.5 Å². The summed E-state index contributed by atoms with van der Waals surface area (Å²) in [5.41, 5.74) is 3.16. The van der Waals surface area contributed by atoms with Crippen LogP contribution < -0.4 is 10.6 Å². The fraction of sp³-hybridized carbons (Fsp3) is 0.400. The van der Waals surface area contributed by atoms with Crippen LogP contribution in [0.2, 0.25) is 0 Å². The van der Waals surface area contributed by atoms with Crippen molar-refractivity contribution in [3.05, 3.63) is 47.2 Å². The number of amidine groups is 1. The Bertz CT molecular complexity index is 525. The molecule has 1 aromatic rings. The lowest BCUT2D eigenvalue weighted by molar-refractivity contribution is 0.112. The highest BCUT2D eigenvalue weighted by atomic mass is 16.5. The second kappa shape index (κ2) is 6.17. The quantitative estimate of drug-likeness (QED) is 0.758. The lowest BCUT2D eigenvalue weighted by Crippen LogP contribution is -2.41. The fourth-order valence-electron chi connectivity index (χ4n) is 2.42. The number of benzene rings is 1. The van der Waals surface area contributed by atoms with E-state index in [1.165, 1.54) is 5.56 Å². The summed E-state index contributed by atoms with van der Waals surface area (Å²) < 4.78 is 5.34. The number of hydrogen-bond acceptors (Lipinski definition) is 5. The summed E-state index contributed by atoms with van der Waals surface area (Å²) >= 11 is 0. The smallest absolute Gasteiger partial charge is 0.173 e. The molecule has 0 aliphatic carbocycles. The normalized spacial score (nSPS) is 22.1. The van der Waals surface area contributed by atoms with Crippen LogP contribution in [0.1, 0.15) is 12.0 Å². The van der Waals surface area contributed by atoms with Gasteiger partial charge in [0.25, 0.3) is 0 Å². The summed E-state index contributed by atoms with van der Waals surface area (Å²) in [5.74, 6) is 0.786. The minimum absolute atomic E-state index is 0.470. The SMILES string of the molecule is OC1N=C(CNCc2ccccc2)NC2=C1COCC2. The van der Waals surface area contributed by atoms with Crippen molar-refractivity contribution in [2.45, 2.75) is 19.2 Å². The zero-order valence-corrected chi connectivity index (χ0v) is 11.3. The fourth-order valence-corrected chi connectivity index (χ4v) is 2.42. The lowest BCUT2D eigenvalue weighted by Gasteiger charge is -2.28. The van der Waals surface area contributed by atoms with Gasteiger partial charge >= 0.3 is 0 Å². The van der Waals surface area contributed by atoms with Gasteiger partial charge in [-0.05, 0) is 5.56 Å². The number of nitrogens with zero attached hydrogens (tertiary/aromatic N) is 1. The van der Waals surface area contributed by atoms with Crippen LogP contribution in [0.25, 0.3) is 0 Å². The van der Waals surface area contributed by atoms with Crippen LogP contribution in [0.5, 0.6) is 0 Å². The number of hydrogen-bond donors (Lipinski definition) is 3. The van der Waals surface area contributed by atoms with E-state index in [1.807, 2.05) is 18.2 Å². The molecule has 1 atom stereocenters. The average Bonchev–Trinajstić information content (AvgIpc) is 2.48. The number of aliphatic hydroxyl groups is 1. The van der Waals surface area contributed by atoms with Gasteiger partial charge in [0.15, 0.2) is 6.23 Å². The molecule has 0 saturated carbocycles. The third kappa shape index (κ3) is 3.07. The van der Waals surface area contributed by atoms with Crippen LogP contribution in [0.3, 0.4) is 0 Å². The van der Waals surface area contributed by atoms with E-state index < -0.39 is 6.23 Å². The van der Waals surface area contributed by atoms with E-state index in [-0.39, 0.29) is 0 Å². The van der Waals surface area contributed by atoms with Crippen molar-refractivity contribution < 1.29 is 9.84 Å². The molecule has 5 nitrogen and oxygen atoms in total. The van der Waals surface area contributed by atoms with Crippen LogP contribution in [0, 0.1) is 0 Å². The Balaban J connectivity index is 1.54. The van der Waals surface area contributed by atoms with Gasteiger partial charge in [-0.25, -0.2) is 4.99 Å². The molecule has 0 radical (unpaired) electrons. The van der Waals surface area contributed by atoms with Crippen LogP contribution in [0.4, 0.5) is 0 Å². The summed E-state index contributed by atoms with van der Waals surface area (Å²) in [5, 5.41) is 16.6. The highest BCUT2D eigenvalue weighted by Gasteiger charge is 2.24. The summed E-state index contributed by atoms with van der Waals surface area (Å²) in [6.45, 7) is 2.57. The van der Waals surface area contributed by atoms with Gasteiger partial charge in [0.05, 0.1) is 19.8 Å². The van der Waals surface area contributed by atoms with E-state index in [0.717, 1.165) is 30.1 Å². The first-order chi connectivity index (χ1) is 9.83. The predicted octanol–water partition coefficient (Wildman–Crippen LogP) is 0.771. The maximum atomic E-state index is 10.00. The van der Waals surface area contributed by atoms with Crippen molar-refractivity contribution in [1.82, 2.24) is 10.6 Å². The molecule has 0 saturated heterocycles. The minimum Gasteiger partial charge on any atom is -0.376 e. The average molecular weight is 273 g/mol. The molecule has 1 aromatic carbocycles. The molecule has 1 unspecified atom stereocenters. The van der Waals surface area contributed by atoms with E-state index in [2.05, 4.69) is 27.8 Å². The van der Waals surface area contributed by atoms with Gasteiger partial charge in [-0.1, -0.05) is 30.3 Å². The van der Waals surface area contributed by atoms with Gasteiger partial charge in [0.1, 0.15) is 5.84 Å². The Kier molecular flexibility index (Phi) is 4.11. The Morgan fingerprint density at radius 1 is 1.30 bits per heavy atom. The molecular weight excluding hydrogens is 254 g/mol. The van der Waals surface area contributed by atoms with Crippen LogP contribution >= 0.6 is 0 Å². The monoisotopic (exact) mass is 273 g/mol. The number of nitrogens with one attached hydrogen (secondary N) is 2. The number of rotatable bonds is 4. The Morgan fingerprint density at radius 2 is 2.15 bits per heavy atom. The van der Waals surface area contributed by atoms with Crippen LogP contribution in [0.15, 0.2) is 46.6 Å². The summed E-state index contributed by atoms with van der Waals surface area (Å²) in [4.78, 5) is 4.26. The van der Waals surface area contributed by atoms with Gasteiger partial charge in [-0.2, -0.15) is 0 Å². The first kappa shape index (κ1) is 13.3. The third-order valence-electron chi connectivity index (χ3n) is 3.49. The first-order valence-electron chi connectivity index (χ1n) is 6.89. The zero-order chi connectivity index (χ0) is 13.8. The van der Waals surface area contributed by atoms with Gasteiger partial charge in [-0.15, -0.1) is 0 Å². The van der Waals surface area contributed by atoms with E-state index in [9.17, 15) is 5.11 Å². The van der Waals surface area contributed by atoms with Crippen molar-refractivity contribution in [2.75, 3.05) is 19.8 Å². The predicted molar refractivity (Wildman–Crippen MR) is 77.2 cm³/mol. The minimum atomic E-state index is -0.764. The Labute approximate surface area is 118 Å². The zero-order valence-electron chi connectivity index (χ0n) is 11.3. The Hall–Kier alpha value is -1.69. The first-order valence-corrected chi connectivity index (χ1v) is 6.89. The number of aliphatic imine (C=N–C) groups is 1. The maximum Gasteiger partial charge on any atom is 0.173 e. The Morgan fingerprint density at radius 3 is 3.00 bits per heavy atom. The second-order valence-corrected chi connectivity index (χ2v) is 4.97. The largest absolute Gasteiger partial charge is 0.376 e. The summed E-state index contributed by atoms with van der Waals surface area (Å²) in [6, 6.07) is 10.2. The van der Waals surface area contributed by atoms with Crippen LogP contribution in [-0.2, 0) is 11.3 Å².